The number of halogens is 1. The van der Waals surface area contributed by atoms with Crippen LogP contribution >= 0.6 is 0 Å². The third kappa shape index (κ3) is 2.06. The molecule has 0 bridgehead atoms. The highest BCUT2D eigenvalue weighted by atomic mass is 19.1. The molecule has 0 radical (unpaired) electrons. The largest absolute Gasteiger partial charge is 0.391 e. The number of aliphatic hydroxyl groups is 1. The molecule has 2 heterocycles. The van der Waals surface area contributed by atoms with Crippen molar-refractivity contribution in [2.75, 3.05) is 0 Å². The van der Waals surface area contributed by atoms with Crippen LogP contribution < -0.4 is 0 Å². The highest BCUT2D eigenvalue weighted by molar-refractivity contribution is 5.59. The molecular weight excluding hydrogens is 221 g/mol. The Bertz CT molecular complexity index is 522. The van der Waals surface area contributed by atoms with Gasteiger partial charge in [0.05, 0.1) is 18.0 Å². The summed E-state index contributed by atoms with van der Waals surface area (Å²) in [7, 11) is 0. The number of hydrogen-bond acceptors (Lipinski definition) is 3. The fourth-order valence-electron chi connectivity index (χ4n) is 1.75. The molecule has 0 fully saturated rings. The van der Waals surface area contributed by atoms with Gasteiger partial charge in [-0.3, -0.25) is 9.67 Å². The van der Waals surface area contributed by atoms with Crippen LogP contribution in [0.4, 0.5) is 4.39 Å². The van der Waals surface area contributed by atoms with Crippen LogP contribution in [0.1, 0.15) is 25.5 Å². The van der Waals surface area contributed by atoms with E-state index in [1.165, 1.54) is 12.3 Å². The Labute approximate surface area is 98.7 Å². The first-order valence-electron chi connectivity index (χ1n) is 5.43. The molecule has 5 heteroatoms. The van der Waals surface area contributed by atoms with Gasteiger partial charge in [-0.15, -0.1) is 0 Å². The van der Waals surface area contributed by atoms with Crippen LogP contribution in [0.3, 0.4) is 0 Å². The normalized spacial score (nSPS) is 11.1. The summed E-state index contributed by atoms with van der Waals surface area (Å²) >= 11 is 0. The second kappa shape index (κ2) is 4.63. The van der Waals surface area contributed by atoms with Crippen LogP contribution in [0.5, 0.6) is 0 Å². The van der Waals surface area contributed by atoms with Crippen molar-refractivity contribution in [3.05, 3.63) is 35.9 Å². The monoisotopic (exact) mass is 235 g/mol. The molecule has 0 aliphatic rings. The molecule has 0 aromatic carbocycles. The van der Waals surface area contributed by atoms with Crippen molar-refractivity contribution in [1.29, 1.82) is 0 Å². The van der Waals surface area contributed by atoms with E-state index < -0.39 is 5.82 Å². The summed E-state index contributed by atoms with van der Waals surface area (Å²) in [6.07, 6.45) is 3.03. The Kier molecular flexibility index (Phi) is 3.19. The van der Waals surface area contributed by atoms with Crippen molar-refractivity contribution in [3.8, 4) is 11.4 Å². The van der Waals surface area contributed by atoms with Gasteiger partial charge in [-0.1, -0.05) is 0 Å². The molecule has 4 nitrogen and oxygen atoms in total. The minimum atomic E-state index is -0.450. The van der Waals surface area contributed by atoms with Gasteiger partial charge in [0.15, 0.2) is 0 Å². The summed E-state index contributed by atoms with van der Waals surface area (Å²) in [4.78, 5) is 4.14. The van der Waals surface area contributed by atoms with Crippen molar-refractivity contribution in [2.45, 2.75) is 26.5 Å². The predicted molar refractivity (Wildman–Crippen MR) is 61.7 cm³/mol. The number of pyridine rings is 1. The SMILES string of the molecule is CC(C)n1nccc1-c1nccc(F)c1CO. The maximum atomic E-state index is 13.5. The Balaban J connectivity index is 2.60. The smallest absolute Gasteiger partial charge is 0.132 e. The van der Waals surface area contributed by atoms with E-state index in [0.717, 1.165) is 0 Å². The molecule has 90 valence electrons. The Morgan fingerprint density at radius 1 is 1.35 bits per heavy atom. The number of aliphatic hydroxyl groups excluding tert-OH is 1. The fraction of sp³-hybridized carbons (Fsp3) is 0.333. The van der Waals surface area contributed by atoms with Crippen molar-refractivity contribution in [1.82, 2.24) is 14.8 Å². The lowest BCUT2D eigenvalue weighted by molar-refractivity contribution is 0.275. The van der Waals surface area contributed by atoms with E-state index in [4.69, 9.17) is 0 Å². The van der Waals surface area contributed by atoms with Crippen molar-refractivity contribution >= 4 is 0 Å². The lowest BCUT2D eigenvalue weighted by Crippen LogP contribution is -2.07. The first-order valence-corrected chi connectivity index (χ1v) is 5.43. The standard InChI is InChI=1S/C12H14FN3O/c1-8(2)16-11(4-6-15-16)12-9(7-17)10(13)3-5-14-12/h3-6,8,17H,7H2,1-2H3. The zero-order chi connectivity index (χ0) is 12.4. The Hall–Kier alpha value is -1.75. The maximum absolute atomic E-state index is 13.5. The number of aromatic nitrogens is 3. The zero-order valence-corrected chi connectivity index (χ0v) is 9.76. The molecule has 0 spiro atoms. The van der Waals surface area contributed by atoms with Crippen molar-refractivity contribution in [2.24, 2.45) is 0 Å². The summed E-state index contributed by atoms with van der Waals surface area (Å²) in [6, 6.07) is 3.16. The third-order valence-electron chi connectivity index (χ3n) is 2.56. The molecule has 2 rings (SSSR count). The van der Waals surface area contributed by atoms with Gasteiger partial charge in [0.2, 0.25) is 0 Å². The van der Waals surface area contributed by atoms with Crippen LogP contribution in [-0.4, -0.2) is 19.9 Å². The average Bonchev–Trinajstić information content (AvgIpc) is 2.77. The van der Waals surface area contributed by atoms with Crippen molar-refractivity contribution in [3.63, 3.8) is 0 Å². The lowest BCUT2D eigenvalue weighted by atomic mass is 10.1. The second-order valence-corrected chi connectivity index (χ2v) is 4.03. The maximum Gasteiger partial charge on any atom is 0.132 e. The average molecular weight is 235 g/mol. The van der Waals surface area contributed by atoms with Crippen LogP contribution in [0, 0.1) is 5.82 Å². The van der Waals surface area contributed by atoms with Crippen LogP contribution in [0.2, 0.25) is 0 Å². The van der Waals surface area contributed by atoms with E-state index in [1.54, 1.807) is 16.9 Å². The highest BCUT2D eigenvalue weighted by Crippen LogP contribution is 2.25. The van der Waals surface area contributed by atoms with Gasteiger partial charge in [-0.2, -0.15) is 5.10 Å². The molecule has 0 saturated carbocycles. The quantitative estimate of drug-likeness (QED) is 0.886. The molecule has 0 atom stereocenters. The molecule has 0 aliphatic heterocycles. The van der Waals surface area contributed by atoms with Gasteiger partial charge in [-0.05, 0) is 26.0 Å². The van der Waals surface area contributed by atoms with Gasteiger partial charge in [0, 0.05) is 24.0 Å². The van der Waals surface area contributed by atoms with E-state index in [2.05, 4.69) is 10.1 Å². The second-order valence-electron chi connectivity index (χ2n) is 4.03. The Morgan fingerprint density at radius 3 is 2.76 bits per heavy atom. The van der Waals surface area contributed by atoms with E-state index >= 15 is 0 Å². The lowest BCUT2D eigenvalue weighted by Gasteiger charge is -2.12. The minimum absolute atomic E-state index is 0.150. The zero-order valence-electron chi connectivity index (χ0n) is 9.76. The minimum Gasteiger partial charge on any atom is -0.391 e. The molecule has 0 aliphatic carbocycles. The molecular formula is C12H14FN3O. The van der Waals surface area contributed by atoms with Gasteiger partial charge in [0.1, 0.15) is 5.82 Å². The van der Waals surface area contributed by atoms with Gasteiger partial charge >= 0.3 is 0 Å². The van der Waals surface area contributed by atoms with E-state index in [-0.39, 0.29) is 18.2 Å². The molecule has 0 unspecified atom stereocenters. The Morgan fingerprint density at radius 2 is 2.12 bits per heavy atom. The summed E-state index contributed by atoms with van der Waals surface area (Å²) in [5, 5.41) is 13.4. The van der Waals surface area contributed by atoms with E-state index in [1.807, 2.05) is 13.8 Å². The van der Waals surface area contributed by atoms with Gasteiger partial charge < -0.3 is 5.11 Å². The first-order chi connectivity index (χ1) is 8.15. The molecule has 17 heavy (non-hydrogen) atoms. The fourth-order valence-corrected chi connectivity index (χ4v) is 1.75. The molecule has 0 saturated heterocycles. The first kappa shape index (κ1) is 11.7. The molecule has 2 aromatic rings. The number of rotatable bonds is 3. The van der Waals surface area contributed by atoms with Crippen LogP contribution in [0.15, 0.2) is 24.5 Å². The van der Waals surface area contributed by atoms with Crippen LogP contribution in [0.25, 0.3) is 11.4 Å². The van der Waals surface area contributed by atoms with E-state index in [9.17, 15) is 9.50 Å². The summed E-state index contributed by atoms with van der Waals surface area (Å²) in [6.45, 7) is 3.58. The summed E-state index contributed by atoms with van der Waals surface area (Å²) in [5.74, 6) is -0.450. The number of hydrogen-bond donors (Lipinski definition) is 1. The van der Waals surface area contributed by atoms with Gasteiger partial charge in [-0.25, -0.2) is 4.39 Å². The van der Waals surface area contributed by atoms with Crippen LogP contribution in [-0.2, 0) is 6.61 Å². The van der Waals surface area contributed by atoms with Gasteiger partial charge in [0.25, 0.3) is 0 Å². The summed E-state index contributed by atoms with van der Waals surface area (Å²) < 4.78 is 15.3. The van der Waals surface area contributed by atoms with Crippen molar-refractivity contribution < 1.29 is 9.50 Å². The predicted octanol–water partition coefficient (Wildman–Crippen LogP) is 2.16. The molecule has 2 aromatic heterocycles. The highest BCUT2D eigenvalue weighted by Gasteiger charge is 2.15. The third-order valence-corrected chi connectivity index (χ3v) is 2.56. The summed E-state index contributed by atoms with van der Waals surface area (Å²) in [5.41, 5.74) is 1.36. The van der Waals surface area contributed by atoms with E-state index in [0.29, 0.717) is 11.4 Å². The molecule has 0 amide bonds. The number of nitrogens with zero attached hydrogens (tertiary/aromatic N) is 3. The topological polar surface area (TPSA) is 50.9 Å². The molecule has 1 N–H and O–H groups in total.